The van der Waals surface area contributed by atoms with Crippen LogP contribution in [0.1, 0.15) is 61.3 Å². The molecular formula is C23H36FNO11. The molecule has 1 fully saturated rings. The zero-order chi connectivity index (χ0) is 27.6. The number of nitrogens with one attached hydrogen (secondary N) is 1. The summed E-state index contributed by atoms with van der Waals surface area (Å²) in [6, 6.07) is -1.45. The van der Waals surface area contributed by atoms with E-state index in [-0.39, 0.29) is 6.61 Å². The van der Waals surface area contributed by atoms with E-state index in [4.69, 9.17) is 28.4 Å². The molecule has 0 saturated carbocycles. The number of carbonyl (C=O) groups is 5. The third-order valence-corrected chi connectivity index (χ3v) is 5.18. The minimum atomic E-state index is -1.93. The van der Waals surface area contributed by atoms with E-state index in [1.807, 2.05) is 6.92 Å². The summed E-state index contributed by atoms with van der Waals surface area (Å²) in [6.45, 7) is 8.49. The number of hydrogen-bond donors (Lipinski definition) is 1. The van der Waals surface area contributed by atoms with E-state index in [1.165, 1.54) is 13.8 Å². The fourth-order valence-corrected chi connectivity index (χ4v) is 3.66. The van der Waals surface area contributed by atoms with Gasteiger partial charge < -0.3 is 33.7 Å². The Morgan fingerprint density at radius 1 is 0.944 bits per heavy atom. The number of alkyl carbamates (subject to hydrolysis) is 1. The van der Waals surface area contributed by atoms with Crippen molar-refractivity contribution in [2.24, 2.45) is 0 Å². The van der Waals surface area contributed by atoms with Gasteiger partial charge in [-0.15, -0.1) is 0 Å². The quantitative estimate of drug-likeness (QED) is 0.240. The lowest BCUT2D eigenvalue weighted by atomic mass is 9.83. The number of unbranched alkanes of at least 4 members (excludes halogenated alkanes) is 1. The molecule has 13 heteroatoms. The molecule has 0 aromatic heterocycles. The number of amides is 1. The summed E-state index contributed by atoms with van der Waals surface area (Å²) in [5, 5.41) is 2.44. The lowest BCUT2D eigenvalue weighted by molar-refractivity contribution is -0.250. The van der Waals surface area contributed by atoms with Crippen LogP contribution in [0.4, 0.5) is 9.18 Å². The standard InChI is InChI=1S/C23H36FNO11/c1-8-9-10-31-22(30)25-17-19(36-23(6,7)21(24)20(17)35-15(5)29)18(34-14(4)28)16(33-13(3)27)11-32-12(2)26/h16-21H,8-11H2,1-7H3,(H,25,30)/t16-,17?,18-,19?,20?,21?/m1/s1. The number of carbonyl (C=O) groups excluding carboxylic acids is 5. The number of hydrogen-bond acceptors (Lipinski definition) is 11. The fraction of sp³-hybridized carbons (Fsp3) is 0.783. The van der Waals surface area contributed by atoms with Crippen molar-refractivity contribution in [1.82, 2.24) is 5.32 Å². The van der Waals surface area contributed by atoms with Crippen LogP contribution in [-0.2, 0) is 47.6 Å². The summed E-state index contributed by atoms with van der Waals surface area (Å²) in [5.41, 5.74) is -1.62. The molecule has 1 saturated heterocycles. The Kier molecular flexibility index (Phi) is 12.0. The van der Waals surface area contributed by atoms with Gasteiger partial charge in [-0.3, -0.25) is 19.2 Å². The Balaban J connectivity index is 3.54. The van der Waals surface area contributed by atoms with Gasteiger partial charge in [-0.2, -0.15) is 0 Å². The van der Waals surface area contributed by atoms with Crippen LogP contribution in [0.5, 0.6) is 0 Å². The predicted molar refractivity (Wildman–Crippen MR) is 120 cm³/mol. The molecular weight excluding hydrogens is 485 g/mol. The van der Waals surface area contributed by atoms with Crippen LogP contribution in [0.25, 0.3) is 0 Å². The van der Waals surface area contributed by atoms with E-state index in [0.717, 1.165) is 34.1 Å². The number of alkyl halides is 1. The van der Waals surface area contributed by atoms with Crippen molar-refractivity contribution in [3.8, 4) is 0 Å². The van der Waals surface area contributed by atoms with Gasteiger partial charge in [0.05, 0.1) is 12.2 Å². The highest BCUT2D eigenvalue weighted by atomic mass is 19.1. The summed E-state index contributed by atoms with van der Waals surface area (Å²) < 4.78 is 47.4. The minimum absolute atomic E-state index is 0.0687. The summed E-state index contributed by atoms with van der Waals surface area (Å²) in [7, 11) is 0. The molecule has 1 aliphatic heterocycles. The van der Waals surface area contributed by atoms with E-state index in [1.54, 1.807) is 0 Å². The van der Waals surface area contributed by atoms with E-state index in [0.29, 0.717) is 6.42 Å². The first kappa shape index (κ1) is 31.1. The van der Waals surface area contributed by atoms with Crippen molar-refractivity contribution in [1.29, 1.82) is 0 Å². The molecule has 36 heavy (non-hydrogen) atoms. The Morgan fingerprint density at radius 3 is 2.06 bits per heavy atom. The van der Waals surface area contributed by atoms with Crippen molar-refractivity contribution in [3.05, 3.63) is 0 Å². The molecule has 0 aliphatic carbocycles. The van der Waals surface area contributed by atoms with E-state index >= 15 is 4.39 Å². The summed E-state index contributed by atoms with van der Waals surface area (Å²) in [6.07, 6.45) is -7.54. The maximum atomic E-state index is 15.5. The molecule has 1 amide bonds. The summed E-state index contributed by atoms with van der Waals surface area (Å²) in [5.74, 6) is -3.19. The molecule has 206 valence electrons. The highest BCUT2D eigenvalue weighted by Crippen LogP contribution is 2.36. The lowest BCUT2D eigenvalue weighted by Gasteiger charge is -2.49. The van der Waals surface area contributed by atoms with Gasteiger partial charge in [-0.25, -0.2) is 9.18 Å². The van der Waals surface area contributed by atoms with Gasteiger partial charge in [0.25, 0.3) is 0 Å². The van der Waals surface area contributed by atoms with E-state index < -0.39 is 78.8 Å². The third-order valence-electron chi connectivity index (χ3n) is 5.18. The SMILES string of the molecule is CCCCOC(=O)NC1C(OC(C)=O)C(F)C(C)(C)OC1[C@H](OC(C)=O)[C@@H](COC(C)=O)OC(C)=O. The average Bonchev–Trinajstić information content (AvgIpc) is 2.74. The zero-order valence-electron chi connectivity index (χ0n) is 21.7. The normalized spacial score (nSPS) is 24.4. The maximum absolute atomic E-state index is 15.5. The van der Waals surface area contributed by atoms with Gasteiger partial charge >= 0.3 is 30.0 Å². The second-order valence-corrected chi connectivity index (χ2v) is 8.85. The molecule has 12 nitrogen and oxygen atoms in total. The molecule has 1 aliphatic rings. The van der Waals surface area contributed by atoms with Gasteiger partial charge in [-0.1, -0.05) is 13.3 Å². The molecule has 1 heterocycles. The molecule has 6 atom stereocenters. The zero-order valence-corrected chi connectivity index (χ0v) is 21.7. The maximum Gasteiger partial charge on any atom is 0.407 e. The second-order valence-electron chi connectivity index (χ2n) is 8.85. The highest BCUT2D eigenvalue weighted by molar-refractivity contribution is 5.70. The molecule has 0 aromatic rings. The number of halogens is 1. The largest absolute Gasteiger partial charge is 0.462 e. The first-order chi connectivity index (χ1) is 16.7. The van der Waals surface area contributed by atoms with E-state index in [2.05, 4.69) is 5.32 Å². The Hall–Kier alpha value is -2.96. The van der Waals surface area contributed by atoms with Gasteiger partial charge in [0.15, 0.2) is 24.5 Å². The molecule has 0 radical (unpaired) electrons. The first-order valence-corrected chi connectivity index (χ1v) is 11.6. The van der Waals surface area contributed by atoms with Crippen LogP contribution in [-0.4, -0.2) is 85.4 Å². The van der Waals surface area contributed by atoms with Crippen LogP contribution in [0.2, 0.25) is 0 Å². The monoisotopic (exact) mass is 521 g/mol. The minimum Gasteiger partial charge on any atom is -0.462 e. The number of rotatable bonds is 11. The number of esters is 4. The number of ether oxygens (including phenoxy) is 6. The predicted octanol–water partition coefficient (Wildman–Crippen LogP) is 1.76. The summed E-state index contributed by atoms with van der Waals surface area (Å²) in [4.78, 5) is 59.6. The molecule has 1 N–H and O–H groups in total. The van der Waals surface area contributed by atoms with Crippen molar-refractivity contribution in [2.45, 2.75) is 104 Å². The van der Waals surface area contributed by atoms with Crippen molar-refractivity contribution < 1.29 is 56.8 Å². The molecule has 0 bridgehead atoms. The molecule has 4 unspecified atom stereocenters. The van der Waals surface area contributed by atoms with Crippen LogP contribution in [0.3, 0.4) is 0 Å². The summed E-state index contributed by atoms with van der Waals surface area (Å²) >= 11 is 0. The van der Waals surface area contributed by atoms with Crippen molar-refractivity contribution in [3.63, 3.8) is 0 Å². The fourth-order valence-electron chi connectivity index (χ4n) is 3.66. The highest BCUT2D eigenvalue weighted by Gasteiger charge is 2.57. The van der Waals surface area contributed by atoms with Crippen LogP contribution >= 0.6 is 0 Å². The van der Waals surface area contributed by atoms with Crippen molar-refractivity contribution >= 4 is 30.0 Å². The Labute approximate surface area is 209 Å². The van der Waals surface area contributed by atoms with Crippen molar-refractivity contribution in [2.75, 3.05) is 13.2 Å². The second kappa shape index (κ2) is 14.0. The van der Waals surface area contributed by atoms with Gasteiger partial charge in [0.2, 0.25) is 0 Å². The first-order valence-electron chi connectivity index (χ1n) is 11.6. The molecule has 0 spiro atoms. The van der Waals surface area contributed by atoms with Crippen LogP contribution < -0.4 is 5.32 Å². The smallest absolute Gasteiger partial charge is 0.407 e. The van der Waals surface area contributed by atoms with Gasteiger partial charge in [0, 0.05) is 27.7 Å². The van der Waals surface area contributed by atoms with Crippen LogP contribution in [0.15, 0.2) is 0 Å². The van der Waals surface area contributed by atoms with Crippen LogP contribution in [0, 0.1) is 0 Å². The Bertz CT molecular complexity index is 803. The lowest BCUT2D eigenvalue weighted by Crippen LogP contribution is -2.70. The van der Waals surface area contributed by atoms with Gasteiger partial charge in [-0.05, 0) is 20.3 Å². The average molecular weight is 522 g/mol. The molecule has 1 rings (SSSR count). The van der Waals surface area contributed by atoms with Gasteiger partial charge in [0.1, 0.15) is 18.8 Å². The third kappa shape index (κ3) is 9.59. The molecule has 0 aromatic carbocycles. The Morgan fingerprint density at radius 2 is 1.56 bits per heavy atom. The topological polar surface area (TPSA) is 153 Å². The van der Waals surface area contributed by atoms with E-state index in [9.17, 15) is 24.0 Å².